The molecule has 1 saturated heterocycles. The summed E-state index contributed by atoms with van der Waals surface area (Å²) in [6.07, 6.45) is 5.44. The predicted octanol–water partition coefficient (Wildman–Crippen LogP) is 4.71. The highest BCUT2D eigenvalue weighted by atomic mass is 16.6. The molecule has 1 heterocycles. The van der Waals surface area contributed by atoms with Crippen LogP contribution < -0.4 is 4.74 Å². The van der Waals surface area contributed by atoms with Crippen LogP contribution in [0.25, 0.3) is 0 Å². The number of epoxide rings is 1. The van der Waals surface area contributed by atoms with Crippen molar-refractivity contribution >= 4 is 0 Å². The van der Waals surface area contributed by atoms with Crippen LogP contribution in [0.3, 0.4) is 0 Å². The lowest BCUT2D eigenvalue weighted by Crippen LogP contribution is -2.07. The maximum absolute atomic E-state index is 5.83. The van der Waals surface area contributed by atoms with Crippen LogP contribution in [0.2, 0.25) is 0 Å². The van der Waals surface area contributed by atoms with Gasteiger partial charge in [0.25, 0.3) is 0 Å². The fourth-order valence-electron chi connectivity index (χ4n) is 2.96. The standard InChI is InChI=1S/C18H28O2/c1-5-13-9-10-17(19-8-4)15(11-13)14(6-2)12-18-16(7-3)20-18/h9-11,14,16,18H,5-8,12H2,1-4H3. The lowest BCUT2D eigenvalue weighted by atomic mass is 9.89. The number of benzene rings is 1. The molecule has 2 heteroatoms. The Kier molecular flexibility index (Phi) is 5.47. The molecule has 2 rings (SSSR count). The number of rotatable bonds is 8. The van der Waals surface area contributed by atoms with Crippen molar-refractivity contribution in [3.8, 4) is 5.75 Å². The molecular formula is C18H28O2. The minimum Gasteiger partial charge on any atom is -0.494 e. The summed E-state index contributed by atoms with van der Waals surface area (Å²) >= 11 is 0. The average Bonchev–Trinajstić information content (AvgIpc) is 3.24. The van der Waals surface area contributed by atoms with Gasteiger partial charge in [0.2, 0.25) is 0 Å². The van der Waals surface area contributed by atoms with E-state index >= 15 is 0 Å². The summed E-state index contributed by atoms with van der Waals surface area (Å²) in [5, 5.41) is 0. The van der Waals surface area contributed by atoms with E-state index in [0.717, 1.165) is 38.0 Å². The fourth-order valence-corrected chi connectivity index (χ4v) is 2.96. The van der Waals surface area contributed by atoms with Gasteiger partial charge in [0, 0.05) is 0 Å². The second kappa shape index (κ2) is 7.12. The van der Waals surface area contributed by atoms with E-state index in [1.165, 1.54) is 11.1 Å². The zero-order valence-corrected chi connectivity index (χ0v) is 13.3. The minimum atomic E-state index is 0.463. The molecule has 0 radical (unpaired) electrons. The molecule has 20 heavy (non-hydrogen) atoms. The summed E-state index contributed by atoms with van der Waals surface area (Å²) in [5.74, 6) is 1.61. The summed E-state index contributed by atoms with van der Waals surface area (Å²) in [7, 11) is 0. The largest absolute Gasteiger partial charge is 0.494 e. The van der Waals surface area contributed by atoms with Crippen LogP contribution in [0, 0.1) is 0 Å². The van der Waals surface area contributed by atoms with Crippen LogP contribution in [0.15, 0.2) is 18.2 Å². The number of aryl methyl sites for hydroxylation is 1. The summed E-state index contributed by atoms with van der Waals surface area (Å²) in [5.41, 5.74) is 2.77. The molecule has 1 fully saturated rings. The van der Waals surface area contributed by atoms with Crippen LogP contribution in [0.4, 0.5) is 0 Å². The van der Waals surface area contributed by atoms with Gasteiger partial charge in [-0.2, -0.15) is 0 Å². The fraction of sp³-hybridized carbons (Fsp3) is 0.667. The Labute approximate surface area is 123 Å². The Hall–Kier alpha value is -1.02. The van der Waals surface area contributed by atoms with E-state index in [0.29, 0.717) is 18.1 Å². The van der Waals surface area contributed by atoms with Crippen molar-refractivity contribution < 1.29 is 9.47 Å². The van der Waals surface area contributed by atoms with Gasteiger partial charge < -0.3 is 9.47 Å². The molecule has 0 aromatic heterocycles. The number of hydrogen-bond donors (Lipinski definition) is 0. The van der Waals surface area contributed by atoms with Crippen molar-refractivity contribution in [2.24, 2.45) is 0 Å². The first-order valence-corrected chi connectivity index (χ1v) is 8.14. The number of ether oxygens (including phenoxy) is 2. The first kappa shape index (κ1) is 15.4. The summed E-state index contributed by atoms with van der Waals surface area (Å²) in [4.78, 5) is 0. The molecule has 2 nitrogen and oxygen atoms in total. The summed E-state index contributed by atoms with van der Waals surface area (Å²) in [6, 6.07) is 6.66. The Bertz CT molecular complexity index is 427. The molecule has 112 valence electrons. The molecule has 0 N–H and O–H groups in total. The third kappa shape index (κ3) is 3.54. The van der Waals surface area contributed by atoms with Crippen LogP contribution >= 0.6 is 0 Å². The van der Waals surface area contributed by atoms with Gasteiger partial charge in [0.1, 0.15) is 5.75 Å². The van der Waals surface area contributed by atoms with Crippen molar-refractivity contribution in [3.05, 3.63) is 29.3 Å². The van der Waals surface area contributed by atoms with Gasteiger partial charge in [0.05, 0.1) is 18.8 Å². The van der Waals surface area contributed by atoms with E-state index < -0.39 is 0 Å². The van der Waals surface area contributed by atoms with Gasteiger partial charge in [-0.05, 0) is 55.7 Å². The third-order valence-electron chi connectivity index (χ3n) is 4.32. The lowest BCUT2D eigenvalue weighted by Gasteiger charge is -2.19. The smallest absolute Gasteiger partial charge is 0.122 e. The topological polar surface area (TPSA) is 21.8 Å². The van der Waals surface area contributed by atoms with Crippen molar-refractivity contribution in [2.45, 2.75) is 71.5 Å². The molecule has 1 aromatic rings. The van der Waals surface area contributed by atoms with Gasteiger partial charge in [-0.25, -0.2) is 0 Å². The lowest BCUT2D eigenvalue weighted by molar-refractivity contribution is 0.325. The van der Waals surface area contributed by atoms with Gasteiger partial charge in [-0.1, -0.05) is 32.9 Å². The zero-order chi connectivity index (χ0) is 14.5. The summed E-state index contributed by atoms with van der Waals surface area (Å²) in [6.45, 7) is 9.46. The van der Waals surface area contributed by atoms with Gasteiger partial charge in [0.15, 0.2) is 0 Å². The first-order chi connectivity index (χ1) is 9.73. The van der Waals surface area contributed by atoms with Gasteiger partial charge in [-0.3, -0.25) is 0 Å². The van der Waals surface area contributed by atoms with E-state index in [9.17, 15) is 0 Å². The predicted molar refractivity (Wildman–Crippen MR) is 83.6 cm³/mol. The molecule has 0 spiro atoms. The van der Waals surface area contributed by atoms with Crippen molar-refractivity contribution in [1.29, 1.82) is 0 Å². The monoisotopic (exact) mass is 276 g/mol. The van der Waals surface area contributed by atoms with Crippen LogP contribution in [0.5, 0.6) is 5.75 Å². The van der Waals surface area contributed by atoms with Crippen LogP contribution in [-0.2, 0) is 11.2 Å². The average molecular weight is 276 g/mol. The van der Waals surface area contributed by atoms with E-state index in [1.54, 1.807) is 0 Å². The second-order valence-corrected chi connectivity index (χ2v) is 5.62. The Balaban J connectivity index is 2.17. The molecule has 0 aliphatic carbocycles. The highest BCUT2D eigenvalue weighted by Crippen LogP contribution is 2.39. The first-order valence-electron chi connectivity index (χ1n) is 8.14. The molecule has 1 aliphatic rings. The van der Waals surface area contributed by atoms with Gasteiger partial charge in [-0.15, -0.1) is 0 Å². The van der Waals surface area contributed by atoms with Crippen LogP contribution in [-0.4, -0.2) is 18.8 Å². The molecule has 3 atom stereocenters. The molecule has 0 bridgehead atoms. The maximum atomic E-state index is 5.83. The molecule has 1 aliphatic heterocycles. The van der Waals surface area contributed by atoms with Crippen molar-refractivity contribution in [2.75, 3.05) is 6.61 Å². The van der Waals surface area contributed by atoms with Crippen molar-refractivity contribution in [1.82, 2.24) is 0 Å². The zero-order valence-electron chi connectivity index (χ0n) is 13.3. The van der Waals surface area contributed by atoms with Crippen LogP contribution in [0.1, 0.15) is 64.0 Å². The highest BCUT2D eigenvalue weighted by molar-refractivity contribution is 5.40. The highest BCUT2D eigenvalue weighted by Gasteiger charge is 2.38. The quantitative estimate of drug-likeness (QED) is 0.641. The molecular weight excluding hydrogens is 248 g/mol. The normalized spacial score (nSPS) is 22.6. The SMILES string of the molecule is CCOc1ccc(CC)cc1C(CC)CC1OC1CC. The van der Waals surface area contributed by atoms with Crippen molar-refractivity contribution in [3.63, 3.8) is 0 Å². The maximum Gasteiger partial charge on any atom is 0.122 e. The van der Waals surface area contributed by atoms with E-state index in [2.05, 4.69) is 45.9 Å². The Morgan fingerprint density at radius 2 is 1.95 bits per heavy atom. The number of hydrogen-bond acceptors (Lipinski definition) is 2. The Morgan fingerprint density at radius 1 is 1.15 bits per heavy atom. The van der Waals surface area contributed by atoms with Gasteiger partial charge >= 0.3 is 0 Å². The van der Waals surface area contributed by atoms with E-state index in [1.807, 2.05) is 0 Å². The summed E-state index contributed by atoms with van der Waals surface area (Å²) < 4.78 is 11.6. The van der Waals surface area contributed by atoms with E-state index in [-0.39, 0.29) is 0 Å². The minimum absolute atomic E-state index is 0.463. The Morgan fingerprint density at radius 3 is 2.50 bits per heavy atom. The molecule has 0 amide bonds. The molecule has 1 aromatic carbocycles. The third-order valence-corrected chi connectivity index (χ3v) is 4.32. The second-order valence-electron chi connectivity index (χ2n) is 5.62. The van der Waals surface area contributed by atoms with E-state index in [4.69, 9.17) is 9.47 Å². The molecule has 0 saturated carbocycles. The molecule has 3 unspecified atom stereocenters.